The highest BCUT2D eigenvalue weighted by Crippen LogP contribution is 2.34. The maximum absolute atomic E-state index is 12.1. The summed E-state index contributed by atoms with van der Waals surface area (Å²) in [5, 5.41) is 0. The fourth-order valence-corrected chi connectivity index (χ4v) is 3.18. The molecule has 2 atom stereocenters. The Bertz CT molecular complexity index is 584. The van der Waals surface area contributed by atoms with E-state index in [-0.39, 0.29) is 17.9 Å². The number of carbonyl (C=O) groups is 2. The summed E-state index contributed by atoms with van der Waals surface area (Å²) in [4.78, 5) is 25.7. The average Bonchev–Trinajstić information content (AvgIpc) is 3.11. The Labute approximate surface area is 123 Å². The number of ether oxygens (including phenoxy) is 2. The lowest BCUT2D eigenvalue weighted by Crippen LogP contribution is -2.40. The largest absolute Gasteiger partial charge is 0.493 e. The van der Waals surface area contributed by atoms with Crippen LogP contribution in [0.3, 0.4) is 0 Å². The van der Waals surface area contributed by atoms with E-state index in [1.165, 1.54) is 12.7 Å². The highest BCUT2D eigenvalue weighted by Gasteiger charge is 2.40. The van der Waals surface area contributed by atoms with Gasteiger partial charge in [-0.3, -0.25) is 4.79 Å². The van der Waals surface area contributed by atoms with Crippen molar-refractivity contribution in [2.75, 3.05) is 13.7 Å². The minimum atomic E-state index is -0.470. The van der Waals surface area contributed by atoms with Gasteiger partial charge in [0, 0.05) is 12.8 Å². The predicted molar refractivity (Wildman–Crippen MR) is 75.9 cm³/mol. The molecule has 21 heavy (non-hydrogen) atoms. The molecule has 5 nitrogen and oxygen atoms in total. The second kappa shape index (κ2) is 5.39. The molecule has 0 saturated carbocycles. The molecular formula is C16H19NO4. The van der Waals surface area contributed by atoms with Gasteiger partial charge in [0.1, 0.15) is 11.8 Å². The summed E-state index contributed by atoms with van der Waals surface area (Å²) in [7, 11) is 1.36. The zero-order chi connectivity index (χ0) is 15.0. The van der Waals surface area contributed by atoms with Crippen LogP contribution in [0.5, 0.6) is 5.75 Å². The zero-order valence-corrected chi connectivity index (χ0v) is 12.3. The summed E-state index contributed by atoms with van der Waals surface area (Å²) in [6.45, 7) is 2.66. The number of methoxy groups -OCH3 is 1. The first-order chi connectivity index (χ1) is 10.1. The number of hydrogen-bond acceptors (Lipinski definition) is 4. The van der Waals surface area contributed by atoms with Crippen LogP contribution in [0.15, 0.2) is 18.2 Å². The van der Waals surface area contributed by atoms with Crippen molar-refractivity contribution in [1.82, 2.24) is 4.90 Å². The van der Waals surface area contributed by atoms with E-state index in [1.54, 1.807) is 4.90 Å². The van der Waals surface area contributed by atoms with Crippen molar-refractivity contribution < 1.29 is 19.1 Å². The summed E-state index contributed by atoms with van der Waals surface area (Å²) >= 11 is 0. The molecule has 0 bridgehead atoms. The number of likely N-dealkylation sites (tertiary alicyclic amines) is 1. The van der Waals surface area contributed by atoms with E-state index in [4.69, 9.17) is 9.47 Å². The van der Waals surface area contributed by atoms with Gasteiger partial charge in [-0.25, -0.2) is 4.79 Å². The number of amides is 1. The third kappa shape index (κ3) is 2.37. The zero-order valence-electron chi connectivity index (χ0n) is 12.3. The molecule has 1 aromatic carbocycles. The van der Waals surface area contributed by atoms with Gasteiger partial charge in [0.15, 0.2) is 0 Å². The van der Waals surface area contributed by atoms with E-state index in [0.717, 1.165) is 17.7 Å². The molecule has 0 aromatic heterocycles. The lowest BCUT2D eigenvalue weighted by Gasteiger charge is -2.30. The van der Waals surface area contributed by atoms with Gasteiger partial charge in [-0.15, -0.1) is 0 Å². The van der Waals surface area contributed by atoms with Gasteiger partial charge in [0.2, 0.25) is 5.91 Å². The number of hydrogen-bond donors (Lipinski definition) is 0. The van der Waals surface area contributed by atoms with E-state index in [1.807, 2.05) is 19.1 Å². The van der Waals surface area contributed by atoms with Gasteiger partial charge < -0.3 is 14.4 Å². The van der Waals surface area contributed by atoms with Gasteiger partial charge in [-0.2, -0.15) is 0 Å². The van der Waals surface area contributed by atoms with Crippen LogP contribution in [0.25, 0.3) is 0 Å². The number of esters is 1. The summed E-state index contributed by atoms with van der Waals surface area (Å²) in [5.41, 5.74) is 2.20. The molecule has 2 aliphatic heterocycles. The molecule has 1 amide bonds. The Morgan fingerprint density at radius 3 is 3.00 bits per heavy atom. The summed E-state index contributed by atoms with van der Waals surface area (Å²) in [6.07, 6.45) is 1.83. The third-order valence-corrected chi connectivity index (χ3v) is 4.34. The van der Waals surface area contributed by atoms with Crippen LogP contribution in [-0.2, 0) is 20.7 Å². The second-order valence-electron chi connectivity index (χ2n) is 5.52. The monoisotopic (exact) mass is 289 g/mol. The van der Waals surface area contributed by atoms with Crippen molar-refractivity contribution in [3.05, 3.63) is 29.3 Å². The molecule has 5 heteroatoms. The maximum Gasteiger partial charge on any atom is 0.328 e. The summed E-state index contributed by atoms with van der Waals surface area (Å²) in [5.74, 6) is 0.593. The molecule has 112 valence electrons. The minimum absolute atomic E-state index is 0.00893. The highest BCUT2D eigenvalue weighted by molar-refractivity contribution is 5.88. The molecule has 2 unspecified atom stereocenters. The summed E-state index contributed by atoms with van der Waals surface area (Å²) < 4.78 is 10.3. The topological polar surface area (TPSA) is 55.8 Å². The lowest BCUT2D eigenvalue weighted by molar-refractivity contribution is -0.150. The molecule has 3 rings (SSSR count). The number of fused-ring (bicyclic) bond motifs is 1. The van der Waals surface area contributed by atoms with Gasteiger partial charge >= 0.3 is 5.97 Å². The molecule has 0 radical (unpaired) electrons. The minimum Gasteiger partial charge on any atom is -0.493 e. The predicted octanol–water partition coefficient (Wildman–Crippen LogP) is 1.85. The number of rotatable bonds is 3. The van der Waals surface area contributed by atoms with E-state index in [9.17, 15) is 9.59 Å². The Morgan fingerprint density at radius 1 is 1.43 bits per heavy atom. The molecule has 0 spiro atoms. The molecule has 2 aliphatic rings. The Balaban J connectivity index is 1.87. The van der Waals surface area contributed by atoms with Gasteiger partial charge in [-0.05, 0) is 36.6 Å². The van der Waals surface area contributed by atoms with Crippen LogP contribution in [0.1, 0.15) is 36.9 Å². The molecule has 1 saturated heterocycles. The quantitative estimate of drug-likeness (QED) is 0.797. The first-order valence-electron chi connectivity index (χ1n) is 7.26. The fraction of sp³-hybridized carbons (Fsp3) is 0.500. The lowest BCUT2D eigenvalue weighted by atomic mass is 10.0. The fourth-order valence-electron chi connectivity index (χ4n) is 3.18. The Morgan fingerprint density at radius 2 is 2.24 bits per heavy atom. The first-order valence-corrected chi connectivity index (χ1v) is 7.26. The van der Waals surface area contributed by atoms with Crippen molar-refractivity contribution in [3.63, 3.8) is 0 Å². The Kier molecular flexibility index (Phi) is 3.57. The molecular weight excluding hydrogens is 270 g/mol. The molecule has 1 fully saturated rings. The summed E-state index contributed by atoms with van der Waals surface area (Å²) in [6, 6.07) is 5.38. The van der Waals surface area contributed by atoms with Crippen LogP contribution in [0, 0.1) is 0 Å². The molecule has 2 heterocycles. The van der Waals surface area contributed by atoms with Crippen LogP contribution >= 0.6 is 0 Å². The van der Waals surface area contributed by atoms with Gasteiger partial charge in [-0.1, -0.05) is 6.07 Å². The van der Waals surface area contributed by atoms with E-state index in [0.29, 0.717) is 19.4 Å². The number of nitrogens with zero attached hydrogens (tertiary/aromatic N) is 1. The van der Waals surface area contributed by atoms with Crippen molar-refractivity contribution in [3.8, 4) is 5.75 Å². The SMILES string of the molecule is COC(=O)C1CCC(=O)N1C(C)c1ccc2c(c1)CCO2. The second-order valence-corrected chi connectivity index (χ2v) is 5.52. The van der Waals surface area contributed by atoms with Crippen LogP contribution in [-0.4, -0.2) is 36.5 Å². The molecule has 1 aromatic rings. The van der Waals surface area contributed by atoms with Crippen molar-refractivity contribution in [1.29, 1.82) is 0 Å². The van der Waals surface area contributed by atoms with E-state index >= 15 is 0 Å². The third-order valence-electron chi connectivity index (χ3n) is 4.34. The van der Waals surface area contributed by atoms with Crippen molar-refractivity contribution >= 4 is 11.9 Å². The number of carbonyl (C=O) groups excluding carboxylic acids is 2. The Hall–Kier alpha value is -2.04. The van der Waals surface area contributed by atoms with Crippen LogP contribution in [0.2, 0.25) is 0 Å². The highest BCUT2D eigenvalue weighted by atomic mass is 16.5. The normalized spacial score (nSPS) is 21.9. The first kappa shape index (κ1) is 13.9. The van der Waals surface area contributed by atoms with Crippen molar-refractivity contribution in [2.45, 2.75) is 38.3 Å². The van der Waals surface area contributed by atoms with Gasteiger partial charge in [0.05, 0.1) is 19.8 Å². The van der Waals surface area contributed by atoms with E-state index < -0.39 is 6.04 Å². The van der Waals surface area contributed by atoms with E-state index in [2.05, 4.69) is 6.07 Å². The van der Waals surface area contributed by atoms with Crippen molar-refractivity contribution in [2.24, 2.45) is 0 Å². The van der Waals surface area contributed by atoms with Crippen LogP contribution in [0.4, 0.5) is 0 Å². The smallest absolute Gasteiger partial charge is 0.328 e. The number of benzene rings is 1. The molecule has 0 N–H and O–H groups in total. The van der Waals surface area contributed by atoms with Gasteiger partial charge in [0.25, 0.3) is 0 Å². The average molecular weight is 289 g/mol. The maximum atomic E-state index is 12.1. The standard InChI is InChI=1S/C16H19NO4/c1-10(11-3-5-14-12(9-11)7-8-21-14)17-13(16(19)20-2)4-6-15(17)18/h3,5,9-10,13H,4,6-8H2,1-2H3. The molecule has 0 aliphatic carbocycles. The van der Waals surface area contributed by atoms with Crippen LogP contribution < -0.4 is 4.74 Å².